The van der Waals surface area contributed by atoms with Crippen molar-refractivity contribution in [1.82, 2.24) is 9.88 Å². The Bertz CT molecular complexity index is 738. The van der Waals surface area contributed by atoms with Crippen LogP contribution in [0.25, 0.3) is 0 Å². The number of hydrogen-bond donors (Lipinski definition) is 0. The maximum absolute atomic E-state index is 12.7. The van der Waals surface area contributed by atoms with Gasteiger partial charge in [-0.25, -0.2) is 0 Å². The average molecular weight is 403 g/mol. The molecule has 0 bridgehead atoms. The first-order chi connectivity index (χ1) is 13.6. The van der Waals surface area contributed by atoms with Gasteiger partial charge in [-0.05, 0) is 42.8 Å². The van der Waals surface area contributed by atoms with Crippen LogP contribution in [0.3, 0.4) is 0 Å². The first kappa shape index (κ1) is 21.8. The number of carbonyl (C=O) groups is 2. The lowest BCUT2D eigenvalue weighted by molar-refractivity contribution is -0.144. The molecular formula is C21H26N2O4S. The van der Waals surface area contributed by atoms with E-state index in [2.05, 4.69) is 4.98 Å². The van der Waals surface area contributed by atoms with E-state index in [0.29, 0.717) is 31.9 Å². The number of aromatic nitrogens is 1. The van der Waals surface area contributed by atoms with Gasteiger partial charge in [-0.3, -0.25) is 14.6 Å². The summed E-state index contributed by atoms with van der Waals surface area (Å²) in [5.74, 6) is 1.18. The summed E-state index contributed by atoms with van der Waals surface area (Å²) in [7, 11) is 1.63. The summed E-state index contributed by atoms with van der Waals surface area (Å²) in [6.07, 6.45) is 4.00. The normalized spacial score (nSPS) is 10.4. The first-order valence-corrected chi connectivity index (χ1v) is 10.2. The van der Waals surface area contributed by atoms with Gasteiger partial charge < -0.3 is 14.4 Å². The smallest absolute Gasteiger partial charge is 0.307 e. The lowest BCUT2D eigenvalue weighted by Gasteiger charge is -2.22. The number of methoxy groups -OCH3 is 1. The second-order valence-electron chi connectivity index (χ2n) is 6.01. The lowest BCUT2D eigenvalue weighted by Crippen LogP contribution is -2.33. The summed E-state index contributed by atoms with van der Waals surface area (Å²) in [6, 6.07) is 11.5. The number of benzene rings is 1. The first-order valence-electron chi connectivity index (χ1n) is 9.21. The van der Waals surface area contributed by atoms with E-state index in [4.69, 9.17) is 9.47 Å². The molecule has 0 saturated heterocycles. The zero-order valence-corrected chi connectivity index (χ0v) is 17.1. The molecule has 0 saturated carbocycles. The molecule has 0 unspecified atom stereocenters. The summed E-state index contributed by atoms with van der Waals surface area (Å²) < 4.78 is 10.1. The minimum Gasteiger partial charge on any atom is -0.497 e. The van der Waals surface area contributed by atoms with Gasteiger partial charge in [0.25, 0.3) is 0 Å². The monoisotopic (exact) mass is 402 g/mol. The van der Waals surface area contributed by atoms with Crippen molar-refractivity contribution in [3.63, 3.8) is 0 Å². The Hall–Kier alpha value is -2.54. The highest BCUT2D eigenvalue weighted by atomic mass is 32.2. The summed E-state index contributed by atoms with van der Waals surface area (Å²) in [5.41, 5.74) is 0.933. The van der Waals surface area contributed by atoms with E-state index in [-0.39, 0.29) is 18.3 Å². The van der Waals surface area contributed by atoms with Gasteiger partial charge in [0, 0.05) is 42.6 Å². The second kappa shape index (κ2) is 12.0. The Balaban J connectivity index is 1.89. The zero-order valence-electron chi connectivity index (χ0n) is 16.3. The molecule has 6 nitrogen and oxygen atoms in total. The van der Waals surface area contributed by atoms with Crippen molar-refractivity contribution >= 4 is 23.6 Å². The standard InChI is InChI=1S/C21H26N2O4S/c1-3-27-21(25)10-13-23(16-17-5-4-12-22-15-17)20(24)11-14-28-19-8-6-18(26-2)7-9-19/h4-9,12,15H,3,10-11,13-14,16H2,1-2H3. The van der Waals surface area contributed by atoms with Crippen LogP contribution >= 0.6 is 11.8 Å². The van der Waals surface area contributed by atoms with Crippen LogP contribution in [0.1, 0.15) is 25.3 Å². The van der Waals surface area contributed by atoms with E-state index in [1.165, 1.54) is 0 Å². The molecule has 0 spiro atoms. The van der Waals surface area contributed by atoms with Crippen molar-refractivity contribution < 1.29 is 19.1 Å². The van der Waals surface area contributed by atoms with Crippen molar-refractivity contribution in [2.75, 3.05) is 26.0 Å². The predicted octanol–water partition coefficient (Wildman–Crippen LogP) is 3.55. The van der Waals surface area contributed by atoms with Crippen LogP contribution in [0.15, 0.2) is 53.7 Å². The number of pyridine rings is 1. The predicted molar refractivity (Wildman–Crippen MR) is 109 cm³/mol. The van der Waals surface area contributed by atoms with Crippen molar-refractivity contribution in [1.29, 1.82) is 0 Å². The Morgan fingerprint density at radius 1 is 1.14 bits per heavy atom. The van der Waals surface area contributed by atoms with Gasteiger partial charge in [-0.15, -0.1) is 11.8 Å². The van der Waals surface area contributed by atoms with Crippen LogP contribution in [-0.4, -0.2) is 47.8 Å². The van der Waals surface area contributed by atoms with Crippen LogP contribution in [0, 0.1) is 0 Å². The number of carbonyl (C=O) groups excluding carboxylic acids is 2. The molecule has 0 radical (unpaired) electrons. The Morgan fingerprint density at radius 3 is 2.57 bits per heavy atom. The molecule has 1 heterocycles. The van der Waals surface area contributed by atoms with Crippen LogP contribution in [0.5, 0.6) is 5.75 Å². The largest absolute Gasteiger partial charge is 0.497 e. The topological polar surface area (TPSA) is 68.7 Å². The zero-order chi connectivity index (χ0) is 20.2. The Kier molecular flexibility index (Phi) is 9.34. The molecular weight excluding hydrogens is 376 g/mol. The number of nitrogens with zero attached hydrogens (tertiary/aromatic N) is 2. The molecule has 0 N–H and O–H groups in total. The molecule has 2 rings (SSSR count). The molecule has 7 heteroatoms. The Morgan fingerprint density at radius 2 is 1.93 bits per heavy atom. The number of ether oxygens (including phenoxy) is 2. The van der Waals surface area contributed by atoms with E-state index in [0.717, 1.165) is 16.2 Å². The third-order valence-electron chi connectivity index (χ3n) is 3.98. The molecule has 150 valence electrons. The fourth-order valence-corrected chi connectivity index (χ4v) is 3.39. The van der Waals surface area contributed by atoms with E-state index < -0.39 is 0 Å². The van der Waals surface area contributed by atoms with Crippen molar-refractivity contribution in [3.8, 4) is 5.75 Å². The van der Waals surface area contributed by atoms with Gasteiger partial charge >= 0.3 is 5.97 Å². The van der Waals surface area contributed by atoms with Crippen LogP contribution < -0.4 is 4.74 Å². The highest BCUT2D eigenvalue weighted by Gasteiger charge is 2.16. The fraction of sp³-hybridized carbons (Fsp3) is 0.381. The number of thioether (sulfide) groups is 1. The van der Waals surface area contributed by atoms with Crippen molar-refractivity contribution in [3.05, 3.63) is 54.4 Å². The number of hydrogen-bond acceptors (Lipinski definition) is 6. The lowest BCUT2D eigenvalue weighted by atomic mass is 10.2. The van der Waals surface area contributed by atoms with E-state index in [1.807, 2.05) is 36.4 Å². The maximum Gasteiger partial charge on any atom is 0.307 e. The summed E-state index contributed by atoms with van der Waals surface area (Å²) in [4.78, 5) is 31.3. The van der Waals surface area contributed by atoms with Crippen molar-refractivity contribution in [2.24, 2.45) is 0 Å². The molecule has 2 aromatic rings. The molecule has 0 atom stereocenters. The maximum atomic E-state index is 12.7. The quantitative estimate of drug-likeness (QED) is 0.423. The molecule has 1 amide bonds. The molecule has 0 aliphatic carbocycles. The average Bonchev–Trinajstić information content (AvgIpc) is 2.72. The molecule has 1 aromatic carbocycles. The van der Waals surface area contributed by atoms with Gasteiger partial charge in [0.1, 0.15) is 5.75 Å². The fourth-order valence-electron chi connectivity index (χ4n) is 2.55. The SMILES string of the molecule is CCOC(=O)CCN(Cc1cccnc1)C(=O)CCSc1ccc(OC)cc1. The number of amides is 1. The minimum absolute atomic E-state index is 0.00848. The minimum atomic E-state index is -0.293. The van der Waals surface area contributed by atoms with Gasteiger partial charge in [0.15, 0.2) is 0 Å². The number of rotatable bonds is 11. The summed E-state index contributed by atoms with van der Waals surface area (Å²) in [6.45, 7) is 2.87. The Labute approximate surface area is 170 Å². The van der Waals surface area contributed by atoms with Crippen LogP contribution in [0.4, 0.5) is 0 Å². The number of esters is 1. The van der Waals surface area contributed by atoms with E-state index in [9.17, 15) is 9.59 Å². The summed E-state index contributed by atoms with van der Waals surface area (Å²) in [5, 5.41) is 0. The second-order valence-corrected chi connectivity index (χ2v) is 7.17. The van der Waals surface area contributed by atoms with Gasteiger partial charge in [0.2, 0.25) is 5.91 Å². The van der Waals surface area contributed by atoms with Gasteiger partial charge in [-0.1, -0.05) is 6.07 Å². The molecule has 0 aliphatic rings. The molecule has 0 aliphatic heterocycles. The van der Waals surface area contributed by atoms with Crippen molar-refractivity contribution in [2.45, 2.75) is 31.2 Å². The van der Waals surface area contributed by atoms with Gasteiger partial charge in [-0.2, -0.15) is 0 Å². The van der Waals surface area contributed by atoms with E-state index in [1.54, 1.807) is 43.1 Å². The van der Waals surface area contributed by atoms with Crippen LogP contribution in [-0.2, 0) is 20.9 Å². The molecule has 0 fully saturated rings. The highest BCUT2D eigenvalue weighted by molar-refractivity contribution is 7.99. The van der Waals surface area contributed by atoms with Crippen LogP contribution in [0.2, 0.25) is 0 Å². The highest BCUT2D eigenvalue weighted by Crippen LogP contribution is 2.22. The summed E-state index contributed by atoms with van der Waals surface area (Å²) >= 11 is 1.62. The van der Waals surface area contributed by atoms with E-state index >= 15 is 0 Å². The molecule has 1 aromatic heterocycles. The van der Waals surface area contributed by atoms with Gasteiger partial charge in [0.05, 0.1) is 20.1 Å². The third kappa shape index (κ3) is 7.60. The third-order valence-corrected chi connectivity index (χ3v) is 5.00. The molecule has 28 heavy (non-hydrogen) atoms.